The van der Waals surface area contributed by atoms with Crippen LogP contribution >= 0.6 is 11.3 Å². The van der Waals surface area contributed by atoms with E-state index in [-0.39, 0.29) is 11.8 Å². The summed E-state index contributed by atoms with van der Waals surface area (Å²) in [6.07, 6.45) is 3.04. The second-order valence-electron chi connectivity index (χ2n) is 7.35. The molecule has 30 heavy (non-hydrogen) atoms. The quantitative estimate of drug-likeness (QED) is 0.590. The molecule has 2 heterocycles. The minimum absolute atomic E-state index is 0.111. The molecule has 4 rings (SSSR count). The molecule has 2 aromatic carbocycles. The molecule has 5 nitrogen and oxygen atoms in total. The van der Waals surface area contributed by atoms with E-state index >= 15 is 0 Å². The maximum absolute atomic E-state index is 13.0. The second kappa shape index (κ2) is 9.59. The third-order valence-electron chi connectivity index (χ3n) is 5.23. The first-order valence-corrected chi connectivity index (χ1v) is 11.1. The molecule has 2 N–H and O–H groups in total. The van der Waals surface area contributed by atoms with Gasteiger partial charge >= 0.3 is 0 Å². The SMILES string of the molecule is O=C(Nc1ccc(N2CCCC2)c(C(=O)NCCc2ccccc2)c1)c1cccs1. The van der Waals surface area contributed by atoms with Gasteiger partial charge in [-0.15, -0.1) is 11.3 Å². The van der Waals surface area contributed by atoms with Gasteiger partial charge in [0.05, 0.1) is 10.4 Å². The van der Waals surface area contributed by atoms with Crippen LogP contribution in [0.2, 0.25) is 0 Å². The van der Waals surface area contributed by atoms with Crippen molar-refractivity contribution in [1.29, 1.82) is 0 Å². The highest BCUT2D eigenvalue weighted by atomic mass is 32.1. The Balaban J connectivity index is 1.50. The highest BCUT2D eigenvalue weighted by Crippen LogP contribution is 2.28. The lowest BCUT2D eigenvalue weighted by atomic mass is 10.1. The van der Waals surface area contributed by atoms with Crippen LogP contribution in [0, 0.1) is 0 Å². The summed E-state index contributed by atoms with van der Waals surface area (Å²) >= 11 is 1.39. The number of amides is 2. The first kappa shape index (κ1) is 20.2. The van der Waals surface area contributed by atoms with E-state index in [4.69, 9.17) is 0 Å². The molecule has 6 heteroatoms. The summed E-state index contributed by atoms with van der Waals surface area (Å²) in [6.45, 7) is 2.46. The van der Waals surface area contributed by atoms with Gasteiger partial charge in [-0.05, 0) is 54.5 Å². The van der Waals surface area contributed by atoms with Crippen LogP contribution < -0.4 is 15.5 Å². The number of carbonyl (C=O) groups excluding carboxylic acids is 2. The van der Waals surface area contributed by atoms with Crippen LogP contribution in [-0.4, -0.2) is 31.4 Å². The molecule has 1 aliphatic rings. The van der Waals surface area contributed by atoms with Crippen molar-refractivity contribution in [2.45, 2.75) is 19.3 Å². The van der Waals surface area contributed by atoms with E-state index in [0.717, 1.165) is 38.0 Å². The molecule has 0 aliphatic carbocycles. The first-order chi connectivity index (χ1) is 14.7. The van der Waals surface area contributed by atoms with Gasteiger partial charge in [0.1, 0.15) is 0 Å². The zero-order valence-electron chi connectivity index (χ0n) is 16.8. The van der Waals surface area contributed by atoms with Gasteiger partial charge in [0.2, 0.25) is 0 Å². The second-order valence-corrected chi connectivity index (χ2v) is 8.30. The summed E-state index contributed by atoms with van der Waals surface area (Å²) in [4.78, 5) is 28.3. The van der Waals surface area contributed by atoms with Crippen LogP contribution in [0.15, 0.2) is 66.0 Å². The Labute approximate surface area is 180 Å². The van der Waals surface area contributed by atoms with E-state index in [9.17, 15) is 9.59 Å². The molecule has 2 amide bonds. The van der Waals surface area contributed by atoms with Gasteiger partial charge in [-0.25, -0.2) is 0 Å². The number of hydrogen-bond acceptors (Lipinski definition) is 4. The number of rotatable bonds is 7. The Hall–Kier alpha value is -3.12. The summed E-state index contributed by atoms with van der Waals surface area (Å²) in [5.74, 6) is -0.269. The number of anilines is 2. The van der Waals surface area contributed by atoms with Crippen molar-refractivity contribution in [2.24, 2.45) is 0 Å². The van der Waals surface area contributed by atoms with E-state index in [2.05, 4.69) is 27.7 Å². The van der Waals surface area contributed by atoms with E-state index in [1.54, 1.807) is 12.1 Å². The zero-order valence-corrected chi connectivity index (χ0v) is 17.6. The average Bonchev–Trinajstić information content (AvgIpc) is 3.49. The fraction of sp³-hybridized carbons (Fsp3) is 0.250. The van der Waals surface area contributed by atoms with Crippen molar-refractivity contribution in [3.8, 4) is 0 Å². The highest BCUT2D eigenvalue weighted by Gasteiger charge is 2.20. The topological polar surface area (TPSA) is 61.4 Å². The lowest BCUT2D eigenvalue weighted by molar-refractivity contribution is 0.0953. The fourth-order valence-corrected chi connectivity index (χ4v) is 4.31. The number of thiophene rings is 1. The highest BCUT2D eigenvalue weighted by molar-refractivity contribution is 7.12. The predicted molar refractivity (Wildman–Crippen MR) is 123 cm³/mol. The average molecular weight is 420 g/mol. The maximum Gasteiger partial charge on any atom is 0.265 e. The van der Waals surface area contributed by atoms with E-state index < -0.39 is 0 Å². The first-order valence-electron chi connectivity index (χ1n) is 10.3. The molecule has 0 atom stereocenters. The van der Waals surface area contributed by atoms with Crippen LogP contribution in [0.5, 0.6) is 0 Å². The van der Waals surface area contributed by atoms with Crippen LogP contribution in [0.1, 0.15) is 38.4 Å². The van der Waals surface area contributed by atoms with Crippen molar-refractivity contribution in [1.82, 2.24) is 5.32 Å². The molecular formula is C24H25N3O2S. The fourth-order valence-electron chi connectivity index (χ4n) is 3.69. The normalized spacial score (nSPS) is 13.3. The zero-order chi connectivity index (χ0) is 20.8. The number of benzene rings is 2. The van der Waals surface area contributed by atoms with Gasteiger partial charge in [-0.2, -0.15) is 0 Å². The molecule has 1 aliphatic heterocycles. The van der Waals surface area contributed by atoms with Gasteiger partial charge in [-0.1, -0.05) is 36.4 Å². The Morgan fingerprint density at radius 3 is 2.47 bits per heavy atom. The van der Waals surface area contributed by atoms with Gasteiger partial charge in [-0.3, -0.25) is 9.59 Å². The Morgan fingerprint density at radius 2 is 1.73 bits per heavy atom. The molecule has 154 valence electrons. The van der Waals surface area contributed by atoms with Gasteiger partial charge in [0.15, 0.2) is 0 Å². The lowest BCUT2D eigenvalue weighted by Gasteiger charge is -2.22. The molecule has 0 unspecified atom stereocenters. The summed E-state index contributed by atoms with van der Waals surface area (Å²) in [5, 5.41) is 7.83. The third-order valence-corrected chi connectivity index (χ3v) is 6.10. The van der Waals surface area contributed by atoms with Gasteiger partial charge < -0.3 is 15.5 Å². The van der Waals surface area contributed by atoms with Crippen LogP contribution in [0.25, 0.3) is 0 Å². The van der Waals surface area contributed by atoms with Crippen molar-refractivity contribution < 1.29 is 9.59 Å². The van der Waals surface area contributed by atoms with E-state index in [1.807, 2.05) is 41.8 Å². The predicted octanol–water partition coefficient (Wildman–Crippen LogP) is 4.57. The number of nitrogens with one attached hydrogen (secondary N) is 2. The summed E-state index contributed by atoms with van der Waals surface area (Å²) in [7, 11) is 0. The number of hydrogen-bond donors (Lipinski definition) is 2. The van der Waals surface area contributed by atoms with Crippen molar-refractivity contribution >= 4 is 34.5 Å². The molecule has 1 fully saturated rings. The molecule has 0 saturated carbocycles. The molecule has 0 radical (unpaired) electrons. The Bertz CT molecular complexity index is 997. The molecule has 1 saturated heterocycles. The van der Waals surface area contributed by atoms with E-state index in [1.165, 1.54) is 16.9 Å². The van der Waals surface area contributed by atoms with Crippen molar-refractivity contribution in [3.63, 3.8) is 0 Å². The Kier molecular flexibility index (Phi) is 6.44. The summed E-state index contributed by atoms with van der Waals surface area (Å²) in [5.41, 5.74) is 3.35. The maximum atomic E-state index is 13.0. The molecule has 1 aromatic heterocycles. The van der Waals surface area contributed by atoms with Crippen LogP contribution in [0.4, 0.5) is 11.4 Å². The number of carbonyl (C=O) groups is 2. The minimum Gasteiger partial charge on any atom is -0.371 e. The molecule has 0 spiro atoms. The largest absolute Gasteiger partial charge is 0.371 e. The molecular weight excluding hydrogens is 394 g/mol. The van der Waals surface area contributed by atoms with Crippen molar-refractivity contribution in [3.05, 3.63) is 82.0 Å². The smallest absolute Gasteiger partial charge is 0.265 e. The monoisotopic (exact) mass is 419 g/mol. The minimum atomic E-state index is -0.158. The Morgan fingerprint density at radius 1 is 0.933 bits per heavy atom. The third kappa shape index (κ3) is 4.89. The van der Waals surface area contributed by atoms with Gasteiger partial charge in [0, 0.05) is 31.0 Å². The molecule has 3 aromatic rings. The lowest BCUT2D eigenvalue weighted by Crippen LogP contribution is -2.29. The standard InChI is InChI=1S/C24H25N3O2S/c28-23(25-13-12-18-7-2-1-3-8-18)20-17-19(26-24(29)22-9-6-16-30-22)10-11-21(20)27-14-4-5-15-27/h1-3,6-11,16-17H,4-5,12-15H2,(H,25,28)(H,26,29). The van der Waals surface area contributed by atoms with Crippen molar-refractivity contribution in [2.75, 3.05) is 29.9 Å². The van der Waals surface area contributed by atoms with Crippen LogP contribution in [0.3, 0.4) is 0 Å². The van der Waals surface area contributed by atoms with Gasteiger partial charge in [0.25, 0.3) is 11.8 Å². The van der Waals surface area contributed by atoms with Crippen LogP contribution in [-0.2, 0) is 6.42 Å². The molecule has 0 bridgehead atoms. The summed E-state index contributed by atoms with van der Waals surface area (Å²) in [6, 6.07) is 19.4. The summed E-state index contributed by atoms with van der Waals surface area (Å²) < 4.78 is 0. The number of nitrogens with zero attached hydrogens (tertiary/aromatic N) is 1. The van der Waals surface area contributed by atoms with E-state index in [0.29, 0.717) is 22.7 Å².